The first-order valence-electron chi connectivity index (χ1n) is 13.7. The number of nitrogens with one attached hydrogen (secondary N) is 1. The van der Waals surface area contributed by atoms with E-state index in [2.05, 4.69) is 10.2 Å². The molecule has 3 amide bonds. The van der Waals surface area contributed by atoms with Gasteiger partial charge >= 0.3 is 0 Å². The highest BCUT2D eigenvalue weighted by molar-refractivity contribution is 8.18. The predicted octanol–water partition coefficient (Wildman–Crippen LogP) is 5.88. The van der Waals surface area contributed by atoms with Crippen molar-refractivity contribution in [3.05, 3.63) is 92.9 Å². The molecule has 0 radical (unpaired) electrons. The second-order valence-electron chi connectivity index (χ2n) is 9.54. The number of imide groups is 1. The number of hydrogen-bond acceptors (Lipinski definition) is 9. The molecule has 3 aromatic rings. The van der Waals surface area contributed by atoms with Crippen LogP contribution in [-0.2, 0) is 9.59 Å². The van der Waals surface area contributed by atoms with Crippen molar-refractivity contribution < 1.29 is 28.8 Å². The lowest BCUT2D eigenvalue weighted by Gasteiger charge is -2.22. The van der Waals surface area contributed by atoms with E-state index in [0.717, 1.165) is 41.0 Å². The minimum absolute atomic E-state index is 0.0953. The summed E-state index contributed by atoms with van der Waals surface area (Å²) in [7, 11) is 0. The molecule has 1 aliphatic heterocycles. The molecule has 0 saturated carbocycles. The second kappa shape index (κ2) is 14.4. The van der Waals surface area contributed by atoms with E-state index in [0.29, 0.717) is 17.1 Å². The molecule has 0 spiro atoms. The van der Waals surface area contributed by atoms with Crippen LogP contribution in [0.15, 0.2) is 71.6 Å². The summed E-state index contributed by atoms with van der Waals surface area (Å²) in [5.74, 6) is 0.0407. The van der Waals surface area contributed by atoms with E-state index in [9.17, 15) is 24.5 Å². The van der Waals surface area contributed by atoms with Crippen molar-refractivity contribution >= 4 is 52.0 Å². The Morgan fingerprint density at radius 3 is 2.53 bits per heavy atom. The van der Waals surface area contributed by atoms with E-state index in [1.165, 1.54) is 18.2 Å². The van der Waals surface area contributed by atoms with Gasteiger partial charge in [-0.1, -0.05) is 18.2 Å². The van der Waals surface area contributed by atoms with Crippen LogP contribution in [0.25, 0.3) is 6.08 Å². The number of hydrogen-bond donors (Lipinski definition) is 1. The monoisotopic (exact) mass is 604 g/mol. The van der Waals surface area contributed by atoms with Gasteiger partial charge in [-0.2, -0.15) is 0 Å². The van der Waals surface area contributed by atoms with Gasteiger partial charge in [0.1, 0.15) is 18.1 Å². The van der Waals surface area contributed by atoms with Crippen LogP contribution in [0.2, 0.25) is 0 Å². The third kappa shape index (κ3) is 8.13. The average molecular weight is 605 g/mol. The Kier molecular flexibility index (Phi) is 10.4. The Morgan fingerprint density at radius 1 is 1.05 bits per heavy atom. The van der Waals surface area contributed by atoms with Crippen LogP contribution in [0.1, 0.15) is 25.0 Å². The molecule has 0 bridgehead atoms. The number of nitro groups is 1. The molecule has 0 aliphatic carbocycles. The molecule has 1 heterocycles. The van der Waals surface area contributed by atoms with Crippen molar-refractivity contribution in [2.75, 3.05) is 43.1 Å². The molecule has 1 N–H and O–H groups in total. The van der Waals surface area contributed by atoms with Crippen molar-refractivity contribution in [3.63, 3.8) is 0 Å². The number of ether oxygens (including phenoxy) is 2. The van der Waals surface area contributed by atoms with Crippen LogP contribution in [0.4, 0.5) is 21.9 Å². The van der Waals surface area contributed by atoms with E-state index in [-0.39, 0.29) is 36.0 Å². The lowest BCUT2D eigenvalue weighted by atomic mass is 10.1. The van der Waals surface area contributed by atoms with Gasteiger partial charge in [-0.05, 0) is 74.5 Å². The molecule has 0 aromatic heterocycles. The maximum Gasteiger partial charge on any atom is 0.293 e. The number of aryl methyl sites for hydroxylation is 1. The average Bonchev–Trinajstić information content (AvgIpc) is 3.25. The number of benzene rings is 3. The first-order chi connectivity index (χ1) is 20.7. The molecular weight excluding hydrogens is 572 g/mol. The third-order valence-corrected chi connectivity index (χ3v) is 7.47. The van der Waals surface area contributed by atoms with Crippen molar-refractivity contribution in [1.29, 1.82) is 0 Å². The summed E-state index contributed by atoms with van der Waals surface area (Å²) in [6.07, 6.45) is 1.58. The zero-order valence-electron chi connectivity index (χ0n) is 24.1. The first-order valence-corrected chi connectivity index (χ1v) is 14.5. The van der Waals surface area contributed by atoms with Gasteiger partial charge in [0.15, 0.2) is 6.61 Å². The summed E-state index contributed by atoms with van der Waals surface area (Å²) >= 11 is 0.826. The number of non-ortho nitro benzene ring substituents is 1. The number of carbonyl (C=O) groups excluding carboxylic acids is 3. The van der Waals surface area contributed by atoms with Gasteiger partial charge in [-0.15, -0.1) is 0 Å². The number of rotatable bonds is 13. The van der Waals surface area contributed by atoms with Crippen molar-refractivity contribution in [2.45, 2.75) is 20.8 Å². The van der Waals surface area contributed by atoms with E-state index >= 15 is 0 Å². The Morgan fingerprint density at radius 2 is 1.81 bits per heavy atom. The fraction of sp³-hybridized carbons (Fsp3) is 0.258. The molecule has 11 nitrogen and oxygen atoms in total. The standard InChI is InChI=1S/C31H32N4O7S/c1-4-33(5-2)24-13-12-22(27(19-24)42-20-29(36)32-23-9-7-10-25(18-23)35(39)40)17-28-30(37)34(31(38)43-28)14-15-41-26-11-6-8-21(3)16-26/h6-13,16-19H,4-5,14-15,20H2,1-3H3,(H,32,36)/b28-17-. The highest BCUT2D eigenvalue weighted by Gasteiger charge is 2.35. The Balaban J connectivity index is 1.49. The van der Waals surface area contributed by atoms with E-state index in [1.807, 2.05) is 51.1 Å². The summed E-state index contributed by atoms with van der Waals surface area (Å²) in [6.45, 7) is 7.33. The number of carbonyl (C=O) groups is 3. The summed E-state index contributed by atoms with van der Waals surface area (Å²) in [5, 5.41) is 13.3. The third-order valence-electron chi connectivity index (χ3n) is 6.56. The SMILES string of the molecule is CCN(CC)c1ccc(/C=C2\SC(=O)N(CCOc3cccc(C)c3)C2=O)c(OCC(=O)Nc2cccc([N+](=O)[O-])c2)c1. The molecule has 224 valence electrons. The van der Waals surface area contributed by atoms with Crippen molar-refractivity contribution in [2.24, 2.45) is 0 Å². The Labute approximate surface area is 253 Å². The summed E-state index contributed by atoms with van der Waals surface area (Å²) in [5.41, 5.74) is 2.53. The zero-order valence-corrected chi connectivity index (χ0v) is 24.9. The van der Waals surface area contributed by atoms with Gasteiger partial charge < -0.3 is 19.7 Å². The maximum atomic E-state index is 13.1. The van der Waals surface area contributed by atoms with Crippen LogP contribution in [0, 0.1) is 17.0 Å². The Hall–Kier alpha value is -4.84. The molecule has 43 heavy (non-hydrogen) atoms. The molecule has 3 aromatic carbocycles. The summed E-state index contributed by atoms with van der Waals surface area (Å²) < 4.78 is 11.6. The first kappa shape index (κ1) is 31.1. The topological polar surface area (TPSA) is 131 Å². The van der Waals surface area contributed by atoms with Gasteiger partial charge in [-0.25, -0.2) is 0 Å². The highest BCUT2D eigenvalue weighted by atomic mass is 32.2. The minimum atomic E-state index is -0.546. The molecule has 1 fully saturated rings. The summed E-state index contributed by atoms with van der Waals surface area (Å²) in [6, 6.07) is 18.5. The molecule has 1 saturated heterocycles. The fourth-order valence-electron chi connectivity index (χ4n) is 4.38. The molecule has 4 rings (SSSR count). The van der Waals surface area contributed by atoms with Crippen LogP contribution < -0.4 is 19.7 Å². The van der Waals surface area contributed by atoms with E-state index < -0.39 is 22.0 Å². The highest BCUT2D eigenvalue weighted by Crippen LogP contribution is 2.35. The van der Waals surface area contributed by atoms with Crippen molar-refractivity contribution in [3.8, 4) is 11.5 Å². The molecule has 12 heteroatoms. The lowest BCUT2D eigenvalue weighted by molar-refractivity contribution is -0.384. The quantitative estimate of drug-likeness (QED) is 0.144. The van der Waals surface area contributed by atoms with Gasteiger partial charge in [0.05, 0.1) is 16.4 Å². The van der Waals surface area contributed by atoms with Gasteiger partial charge in [0, 0.05) is 48.2 Å². The Bertz CT molecular complexity index is 1550. The molecule has 0 unspecified atom stereocenters. The predicted molar refractivity (Wildman–Crippen MR) is 167 cm³/mol. The molecule has 1 aliphatic rings. The van der Waals surface area contributed by atoms with E-state index in [1.54, 1.807) is 24.3 Å². The van der Waals surface area contributed by atoms with E-state index in [4.69, 9.17) is 9.47 Å². The number of nitrogens with zero attached hydrogens (tertiary/aromatic N) is 3. The normalized spacial score (nSPS) is 13.7. The van der Waals surface area contributed by atoms with Crippen LogP contribution in [0.3, 0.4) is 0 Å². The minimum Gasteiger partial charge on any atom is -0.492 e. The second-order valence-corrected chi connectivity index (χ2v) is 10.5. The summed E-state index contributed by atoms with van der Waals surface area (Å²) in [4.78, 5) is 52.5. The number of nitro benzene ring substituents is 1. The van der Waals surface area contributed by atoms with Gasteiger partial charge in [0.2, 0.25) is 0 Å². The van der Waals surface area contributed by atoms with Crippen molar-refractivity contribution in [1.82, 2.24) is 4.90 Å². The van der Waals surface area contributed by atoms with Crippen LogP contribution >= 0.6 is 11.8 Å². The lowest BCUT2D eigenvalue weighted by Crippen LogP contribution is -2.32. The van der Waals surface area contributed by atoms with Gasteiger partial charge in [0.25, 0.3) is 22.7 Å². The number of thioether (sulfide) groups is 1. The number of amides is 3. The van der Waals surface area contributed by atoms with Crippen LogP contribution in [0.5, 0.6) is 11.5 Å². The fourth-order valence-corrected chi connectivity index (χ4v) is 5.24. The largest absolute Gasteiger partial charge is 0.492 e. The molecular formula is C31H32N4O7S. The zero-order chi connectivity index (χ0) is 30.9. The molecule has 0 atom stereocenters. The maximum absolute atomic E-state index is 13.1. The van der Waals surface area contributed by atoms with Gasteiger partial charge in [-0.3, -0.25) is 29.4 Å². The van der Waals surface area contributed by atoms with Crippen LogP contribution in [-0.4, -0.2) is 59.7 Å². The number of anilines is 2. The smallest absolute Gasteiger partial charge is 0.293 e.